The van der Waals surface area contributed by atoms with Crippen molar-refractivity contribution < 1.29 is 9.59 Å². The highest BCUT2D eigenvalue weighted by Gasteiger charge is 2.27. The molecule has 8 heteroatoms. The van der Waals surface area contributed by atoms with E-state index in [1.807, 2.05) is 0 Å². The van der Waals surface area contributed by atoms with Gasteiger partial charge in [-0.25, -0.2) is 9.78 Å². The van der Waals surface area contributed by atoms with Crippen LogP contribution in [0.2, 0.25) is 0 Å². The zero-order chi connectivity index (χ0) is 14.3. The minimum atomic E-state index is -0.284. The van der Waals surface area contributed by atoms with Gasteiger partial charge >= 0.3 is 6.03 Å². The molecule has 0 radical (unpaired) electrons. The van der Waals surface area contributed by atoms with Crippen LogP contribution < -0.4 is 10.6 Å². The van der Waals surface area contributed by atoms with Crippen LogP contribution in [0.5, 0.6) is 0 Å². The van der Waals surface area contributed by atoms with Crippen LogP contribution in [0.15, 0.2) is 6.20 Å². The molecule has 1 aliphatic carbocycles. The summed E-state index contributed by atoms with van der Waals surface area (Å²) in [4.78, 5) is 28.3. The van der Waals surface area contributed by atoms with Crippen molar-refractivity contribution in [3.8, 4) is 10.6 Å². The van der Waals surface area contributed by atoms with Crippen LogP contribution in [-0.2, 0) is 17.6 Å². The third kappa shape index (κ3) is 1.97. The number of hydrogen-bond donors (Lipinski definition) is 2. The summed E-state index contributed by atoms with van der Waals surface area (Å²) in [7, 11) is 1.57. The van der Waals surface area contributed by atoms with Crippen molar-refractivity contribution in [3.63, 3.8) is 0 Å². The molecule has 2 heterocycles. The third-order valence-electron chi connectivity index (χ3n) is 3.08. The molecule has 20 heavy (non-hydrogen) atoms. The number of nitrogens with one attached hydrogen (secondary N) is 2. The van der Waals surface area contributed by atoms with Crippen molar-refractivity contribution in [1.82, 2.24) is 20.1 Å². The number of carbonyl (C=O) groups is 2. The van der Waals surface area contributed by atoms with E-state index >= 15 is 0 Å². The van der Waals surface area contributed by atoms with E-state index in [9.17, 15) is 9.59 Å². The van der Waals surface area contributed by atoms with Crippen molar-refractivity contribution >= 4 is 28.4 Å². The summed E-state index contributed by atoms with van der Waals surface area (Å²) in [5.74, 6) is -0.156. The normalized spacial score (nSPS) is 12.5. The predicted molar refractivity (Wildman–Crippen MR) is 74.9 cm³/mol. The van der Waals surface area contributed by atoms with Crippen molar-refractivity contribution in [2.24, 2.45) is 0 Å². The maximum atomic E-state index is 11.8. The number of hydrogen-bond acceptors (Lipinski definition) is 5. The molecule has 0 saturated carbocycles. The monoisotopic (exact) mass is 291 g/mol. The lowest BCUT2D eigenvalue weighted by Gasteiger charge is -2.12. The summed E-state index contributed by atoms with van der Waals surface area (Å²) in [6, 6.07) is -0.284. The Morgan fingerprint density at radius 3 is 2.90 bits per heavy atom. The van der Waals surface area contributed by atoms with Crippen molar-refractivity contribution in [2.75, 3.05) is 12.4 Å². The second kappa shape index (κ2) is 4.71. The first kappa shape index (κ1) is 12.8. The highest BCUT2D eigenvalue weighted by molar-refractivity contribution is 7.19. The zero-order valence-electron chi connectivity index (χ0n) is 11.1. The van der Waals surface area contributed by atoms with Crippen molar-refractivity contribution in [2.45, 2.75) is 19.8 Å². The number of thiazole rings is 1. The van der Waals surface area contributed by atoms with Crippen LogP contribution >= 0.6 is 11.3 Å². The number of anilines is 1. The van der Waals surface area contributed by atoms with Gasteiger partial charge < -0.3 is 10.6 Å². The van der Waals surface area contributed by atoms with E-state index in [0.717, 1.165) is 34.7 Å². The van der Waals surface area contributed by atoms with Gasteiger partial charge in [-0.1, -0.05) is 11.3 Å². The number of carbonyl (C=O) groups excluding carboxylic acids is 2. The lowest BCUT2D eigenvalue weighted by Crippen LogP contribution is -2.26. The third-order valence-corrected chi connectivity index (χ3v) is 4.10. The fraction of sp³-hybridized carbons (Fsp3) is 0.333. The van der Waals surface area contributed by atoms with Crippen LogP contribution in [-0.4, -0.2) is 33.8 Å². The van der Waals surface area contributed by atoms with Gasteiger partial charge in [-0.15, -0.1) is 0 Å². The van der Waals surface area contributed by atoms with Crippen LogP contribution in [0.4, 0.5) is 9.93 Å². The van der Waals surface area contributed by atoms with Crippen LogP contribution in [0, 0.1) is 0 Å². The Labute approximate surface area is 119 Å². The van der Waals surface area contributed by atoms with Gasteiger partial charge in [0.2, 0.25) is 5.91 Å². The number of nitrogens with zero attached hydrogens (tertiary/aromatic N) is 3. The Morgan fingerprint density at radius 1 is 1.40 bits per heavy atom. The number of amides is 2. The molecule has 2 amide bonds. The van der Waals surface area contributed by atoms with E-state index in [2.05, 4.69) is 20.7 Å². The minimum absolute atomic E-state index is 0.156. The largest absolute Gasteiger partial charge is 0.342 e. The van der Waals surface area contributed by atoms with E-state index in [-0.39, 0.29) is 11.9 Å². The molecule has 2 N–H and O–H groups in total. The Balaban J connectivity index is 2.09. The summed E-state index contributed by atoms with van der Waals surface area (Å²) in [6.07, 6.45) is 3.30. The maximum absolute atomic E-state index is 11.8. The Hall–Kier alpha value is -2.22. The van der Waals surface area contributed by atoms with E-state index < -0.39 is 0 Å². The van der Waals surface area contributed by atoms with Gasteiger partial charge in [0.15, 0.2) is 5.13 Å². The van der Waals surface area contributed by atoms with Gasteiger partial charge in [0.25, 0.3) is 0 Å². The maximum Gasteiger partial charge on any atom is 0.342 e. The molecule has 0 spiro atoms. The lowest BCUT2D eigenvalue weighted by atomic mass is 10.0. The fourth-order valence-corrected chi connectivity index (χ4v) is 3.35. The minimum Gasteiger partial charge on any atom is -0.339 e. The second-order valence-corrected chi connectivity index (χ2v) is 5.46. The number of aryl methyl sites for hydroxylation is 2. The molecule has 1 aliphatic rings. The fourth-order valence-electron chi connectivity index (χ4n) is 2.23. The highest BCUT2D eigenvalue weighted by Crippen LogP contribution is 2.39. The second-order valence-electron chi connectivity index (χ2n) is 4.46. The zero-order valence-corrected chi connectivity index (χ0v) is 11.9. The van der Waals surface area contributed by atoms with Gasteiger partial charge in [0, 0.05) is 19.5 Å². The first-order valence-electron chi connectivity index (χ1n) is 6.16. The smallest absolute Gasteiger partial charge is 0.339 e. The molecular formula is C12H13N5O2S. The van der Waals surface area contributed by atoms with Gasteiger partial charge in [-0.2, -0.15) is 9.78 Å². The molecule has 7 nitrogen and oxygen atoms in total. The molecule has 0 aromatic carbocycles. The molecule has 2 aromatic rings. The predicted octanol–water partition coefficient (Wildman–Crippen LogP) is 1.25. The van der Waals surface area contributed by atoms with Gasteiger partial charge in [-0.3, -0.25) is 4.79 Å². The Bertz CT molecular complexity index is 703. The van der Waals surface area contributed by atoms with Gasteiger partial charge in [0.05, 0.1) is 22.5 Å². The molecule has 0 bridgehead atoms. The first-order valence-corrected chi connectivity index (χ1v) is 6.98. The SMILES string of the molecule is CNC(=O)n1ncc2c1-c1sc(NC(C)=O)nc1CC2. The van der Waals surface area contributed by atoms with Crippen molar-refractivity contribution in [3.05, 3.63) is 17.5 Å². The van der Waals surface area contributed by atoms with Crippen LogP contribution in [0.1, 0.15) is 18.2 Å². The molecule has 2 aromatic heterocycles. The van der Waals surface area contributed by atoms with E-state index in [0.29, 0.717) is 5.13 Å². The summed E-state index contributed by atoms with van der Waals surface area (Å²) >= 11 is 1.37. The van der Waals surface area contributed by atoms with Gasteiger partial charge in [0.1, 0.15) is 0 Å². The standard InChI is InChI=1S/C12H13N5O2S/c1-6(18)15-11-16-8-4-3-7-5-14-17(12(19)13-2)9(7)10(8)20-11/h5H,3-4H2,1-2H3,(H,13,19)(H,15,16,18). The molecule has 104 valence electrons. The quantitative estimate of drug-likeness (QED) is 0.827. The molecule has 0 aliphatic heterocycles. The lowest BCUT2D eigenvalue weighted by molar-refractivity contribution is -0.114. The van der Waals surface area contributed by atoms with Crippen LogP contribution in [0.25, 0.3) is 10.6 Å². The molecule has 0 unspecified atom stereocenters. The average molecular weight is 291 g/mol. The number of fused-ring (bicyclic) bond motifs is 3. The summed E-state index contributed by atoms with van der Waals surface area (Å²) in [5.41, 5.74) is 2.70. The summed E-state index contributed by atoms with van der Waals surface area (Å²) in [5, 5.41) is 9.94. The Morgan fingerprint density at radius 2 is 2.20 bits per heavy atom. The van der Waals surface area contributed by atoms with E-state index in [1.54, 1.807) is 13.2 Å². The highest BCUT2D eigenvalue weighted by atomic mass is 32.1. The molecule has 3 rings (SSSR count). The summed E-state index contributed by atoms with van der Waals surface area (Å²) in [6.45, 7) is 1.45. The first-order chi connectivity index (χ1) is 9.60. The number of rotatable bonds is 1. The van der Waals surface area contributed by atoms with E-state index in [4.69, 9.17) is 0 Å². The Kier molecular flexibility index (Phi) is 3.01. The summed E-state index contributed by atoms with van der Waals surface area (Å²) < 4.78 is 1.35. The number of aromatic nitrogens is 3. The topological polar surface area (TPSA) is 88.9 Å². The average Bonchev–Trinajstić information content (AvgIpc) is 2.99. The van der Waals surface area contributed by atoms with Crippen molar-refractivity contribution in [1.29, 1.82) is 0 Å². The molecular weight excluding hydrogens is 278 g/mol. The van der Waals surface area contributed by atoms with Crippen LogP contribution in [0.3, 0.4) is 0 Å². The van der Waals surface area contributed by atoms with Gasteiger partial charge in [-0.05, 0) is 12.8 Å². The van der Waals surface area contributed by atoms with E-state index in [1.165, 1.54) is 22.9 Å². The molecule has 0 atom stereocenters. The molecule has 0 fully saturated rings. The molecule has 0 saturated heterocycles.